The third-order valence-corrected chi connectivity index (χ3v) is 57.1. The van der Waals surface area contributed by atoms with Crippen LogP contribution in [0.3, 0.4) is 0 Å². The maximum absolute atomic E-state index is 4.49. The van der Waals surface area contributed by atoms with Crippen LogP contribution >= 0.6 is 0 Å². The molecule has 1 heterocycles. The van der Waals surface area contributed by atoms with Gasteiger partial charge in [0.15, 0.2) is 0 Å². The quantitative estimate of drug-likeness (QED) is 0.120. The Hall–Kier alpha value is -16.4. The average Bonchev–Trinajstić information content (AvgIpc) is 1.34. The molecule has 0 unspecified atom stereocenters. The van der Waals surface area contributed by atoms with E-state index in [9.17, 15) is 0 Å². The van der Waals surface area contributed by atoms with Crippen molar-refractivity contribution in [2.45, 2.75) is 20.9 Å². The van der Waals surface area contributed by atoms with Crippen LogP contribution in [0, 0.1) is 0 Å². The van der Waals surface area contributed by atoms with Crippen LogP contribution in [0.25, 0.3) is 582 Å². The number of hydrogen-bond donors (Lipinski definition) is 0. The smallest absolute Gasteiger partial charge is 0.0625 e. The normalized spacial score (nSPS) is 23.1. The number of rotatable bonds is 2. The third kappa shape index (κ3) is 2.42. The molecule has 0 saturated carbocycles. The van der Waals surface area contributed by atoms with E-state index < -0.39 is 29.0 Å². The van der Waals surface area contributed by atoms with E-state index in [0.29, 0.717) is 0 Å². The van der Waals surface area contributed by atoms with Gasteiger partial charge in [-0.25, -0.2) is 0 Å². The van der Waals surface area contributed by atoms with Gasteiger partial charge in [-0.2, -0.15) is 0 Å². The van der Waals surface area contributed by atoms with Crippen LogP contribution in [-0.2, 0) is 20.9 Å². The highest BCUT2D eigenvalue weighted by Gasteiger charge is 2.98. The van der Waals surface area contributed by atoms with Crippen LogP contribution in [0.15, 0.2) is 60.7 Å². The van der Waals surface area contributed by atoms with E-state index in [4.69, 9.17) is 0 Å². The SMILES string of the molecule is c1ccc([Si]2(c3ccccc3)C34c5c6c7c8c9c%10c(c%11c%12c3c3c5c5c%13c6c6c7c7c9c9c%14c%10c%10c%11c%11c%12c%12c3c3c5c5c%13c%13c6c6c7c9c7c9c%14c%10c%10c%11c%11c%12c3c3c5c5c%13c6c7c6c9c%10c%11c3c56)C84C34c5c6c7c8c9c%10c(c%11c%12c3c3c5c5c%13c6c6c7c7c9c9c%14c%10c%10c%11c%11c%12c%12c3c3c5c5c%13c%13c6c6c7c9c7c9c%14c%10c%10c%11c%11c%12c3c3c5c5c%13c6c7c6c9c%10c%11c3c56)C842)cc1. The minimum absolute atomic E-state index is 0.748. The van der Waals surface area contributed by atoms with Crippen LogP contribution in [0.5, 0.6) is 0 Å². The largest absolute Gasteiger partial charge is 0.150 e. The standard InChI is InChI=1S/C132H10Si/c1-3-7-11(8-4-1)133(12-9-5-2-6-10-12)131-125-113-101-81-57-41-25-17-13-15-21-29(25)45(57)65-53-37(21)38-22(15)30-26-18(13)34-33(17)49-61(41)77-89-69(49)70-50(34)62-42(26)58-46(30)66-54(38)74-73(53)97(85(65)101)117(125)118-98(74)86(66)102-82(58)94-78(62)90(70)106-105(89)121(109(113)93(77)81)129(131,122(106)110(94)114(102)126(118)131)130-123-107-91-71-51-35-19-14-16-23-31-27(19)43-59-47(31)67-55-39(23)40-24(16)32-28-20(14)36(35)52-64-44(28)60-48(32)68-56(40)76-75(55)99-87(67)103-83(59)95(79(91)63(43)51)111(123)115(103)127-119(99)120-100(76)88(68)104-84(60)96-80(64)92(72(52)71)108(107)124(130)112(96)116(104)128(120)132(127,130)133/h1-10H. The fourth-order valence-electron chi connectivity index (χ4n) is 51.8. The van der Waals surface area contributed by atoms with E-state index >= 15 is 0 Å². The van der Waals surface area contributed by atoms with Gasteiger partial charge >= 0.3 is 0 Å². The van der Waals surface area contributed by atoms with E-state index in [0.717, 1.165) is 0 Å². The zero-order chi connectivity index (χ0) is 77.7. The summed E-state index contributed by atoms with van der Waals surface area (Å²) < 4.78 is 0. The molecular formula is C132H10Si. The molecule has 1 aliphatic heterocycles. The topological polar surface area (TPSA) is 0 Å². The van der Waals surface area contributed by atoms with E-state index in [1.54, 1.807) is 592 Å². The minimum atomic E-state index is -4.49. The fraction of sp³-hybridized carbons (Fsp3) is 0.0303. The molecule has 1 saturated heterocycles. The van der Waals surface area contributed by atoms with Crippen molar-refractivity contribution in [2.75, 3.05) is 0 Å². The van der Waals surface area contributed by atoms with Gasteiger partial charge in [-0.3, -0.25) is 0 Å². The molecule has 0 bridgehead atoms. The second-order valence-electron chi connectivity index (χ2n) is 50.0. The maximum Gasteiger partial charge on any atom is 0.150 e. The van der Waals surface area contributed by atoms with Crippen LogP contribution in [-0.4, -0.2) is 8.07 Å². The van der Waals surface area contributed by atoms with Crippen LogP contribution < -0.4 is 10.4 Å². The molecule has 0 N–H and O–H groups in total. The summed E-state index contributed by atoms with van der Waals surface area (Å²) in [5, 5.41) is 186. The Balaban J connectivity index is 0.806. The molecule has 1 heteroatoms. The van der Waals surface area contributed by atoms with Gasteiger partial charge < -0.3 is 0 Å². The molecule has 4 spiro atoms. The Morgan fingerprint density at radius 3 is 0.271 bits per heavy atom. The number of hydrogen-bond acceptors (Lipinski definition) is 0. The molecular weight excluding hydrogens is 1610 g/mol. The zero-order valence-corrected chi connectivity index (χ0v) is 68.3. The van der Waals surface area contributed by atoms with Gasteiger partial charge in [-0.1, -0.05) is 71.0 Å². The Morgan fingerprint density at radius 1 is 0.0902 bits per heavy atom. The molecule has 0 atom stereocenters. The molecule has 0 radical (unpaired) electrons. The molecule has 58 aromatic rings. The lowest BCUT2D eigenvalue weighted by Gasteiger charge is -2.61. The van der Waals surface area contributed by atoms with Crippen LogP contribution in [0.2, 0.25) is 0 Å². The molecule has 67 rings (SSSR count). The van der Waals surface area contributed by atoms with E-state index in [-0.39, 0.29) is 0 Å². The Labute approximate surface area is 720 Å². The van der Waals surface area contributed by atoms with Crippen molar-refractivity contribution >= 4 is 600 Å². The van der Waals surface area contributed by atoms with Gasteiger partial charge in [0, 0.05) is 20.9 Å². The zero-order valence-electron chi connectivity index (χ0n) is 67.3. The molecule has 8 aliphatic carbocycles. The molecule has 0 nitrogen and oxygen atoms in total. The molecule has 9 aliphatic rings. The Kier molecular flexibility index (Phi) is 3.82. The van der Waals surface area contributed by atoms with Crippen molar-refractivity contribution in [1.82, 2.24) is 0 Å². The highest BCUT2D eigenvalue weighted by atomic mass is 28.3. The predicted molar refractivity (Wildman–Crippen MR) is 566 cm³/mol. The van der Waals surface area contributed by atoms with Crippen molar-refractivity contribution in [3.8, 4) is 0 Å². The van der Waals surface area contributed by atoms with E-state index in [1.807, 2.05) is 44.5 Å². The van der Waals surface area contributed by atoms with E-state index in [2.05, 4.69) is 60.7 Å². The van der Waals surface area contributed by atoms with Crippen LogP contribution in [0.4, 0.5) is 0 Å². The van der Waals surface area contributed by atoms with Crippen LogP contribution in [0.1, 0.15) is 44.5 Å². The van der Waals surface area contributed by atoms with Crippen molar-refractivity contribution < 1.29 is 0 Å². The lowest BCUT2D eigenvalue weighted by molar-refractivity contribution is 0.267. The first-order chi connectivity index (χ1) is 66.4. The number of benzene rings is 38. The molecule has 542 valence electrons. The summed E-state index contributed by atoms with van der Waals surface area (Å²) in [4.78, 5) is 0. The second-order valence-corrected chi connectivity index (χ2v) is 54.1. The molecule has 0 amide bonds. The van der Waals surface area contributed by atoms with Crippen molar-refractivity contribution in [3.63, 3.8) is 0 Å². The van der Waals surface area contributed by atoms with Gasteiger partial charge in [0.2, 0.25) is 0 Å². The lowest BCUT2D eigenvalue weighted by atomic mass is 9.38. The highest BCUT2D eigenvalue weighted by Crippen LogP contribution is 2.99. The predicted octanol–water partition coefficient (Wildman–Crippen LogP) is 34.0. The third-order valence-electron chi connectivity index (χ3n) is 50.7. The van der Waals surface area contributed by atoms with Gasteiger partial charge in [0.25, 0.3) is 0 Å². The molecule has 58 aromatic carbocycles. The van der Waals surface area contributed by atoms with E-state index in [1.165, 1.54) is 0 Å². The Bertz CT molecular complexity index is 15100. The van der Waals surface area contributed by atoms with Crippen molar-refractivity contribution in [2.24, 2.45) is 0 Å². The maximum atomic E-state index is 2.99. The molecule has 133 heavy (non-hydrogen) atoms. The van der Waals surface area contributed by atoms with Gasteiger partial charge in [-0.05, 0) is 626 Å². The van der Waals surface area contributed by atoms with Gasteiger partial charge in [0.1, 0.15) is 8.07 Å². The summed E-state index contributed by atoms with van der Waals surface area (Å²) in [5.41, 5.74) is 13.4. The highest BCUT2D eigenvalue weighted by molar-refractivity contribution is 7.11. The summed E-state index contributed by atoms with van der Waals surface area (Å²) in [7, 11) is -4.49. The Morgan fingerprint density at radius 2 is 0.173 bits per heavy atom. The first kappa shape index (κ1) is 47.8. The summed E-state index contributed by atoms with van der Waals surface area (Å²) >= 11 is 0. The van der Waals surface area contributed by atoms with Crippen molar-refractivity contribution in [3.05, 3.63) is 105 Å². The molecule has 0 aromatic heterocycles. The summed E-state index contributed by atoms with van der Waals surface area (Å²) in [5.74, 6) is 0. The monoisotopic (exact) mass is 1620 g/mol. The summed E-state index contributed by atoms with van der Waals surface area (Å²) in [6.45, 7) is 0. The summed E-state index contributed by atoms with van der Waals surface area (Å²) in [6, 6.07) is 27.8. The molecule has 1 fully saturated rings. The first-order valence-corrected chi connectivity index (χ1v) is 52.1. The fourth-order valence-corrected chi connectivity index (χ4v) is 60.3. The van der Waals surface area contributed by atoms with Gasteiger partial charge in [0.05, 0.1) is 0 Å². The first-order valence-electron chi connectivity index (χ1n) is 50.1. The average molecular weight is 1620 g/mol. The summed E-state index contributed by atoms with van der Waals surface area (Å²) in [6.07, 6.45) is 0. The van der Waals surface area contributed by atoms with Crippen molar-refractivity contribution in [1.29, 1.82) is 0 Å². The second kappa shape index (κ2) is 10.6. The minimum Gasteiger partial charge on any atom is -0.0625 e. The van der Waals surface area contributed by atoms with Gasteiger partial charge in [-0.15, -0.1) is 0 Å². The lowest BCUT2D eigenvalue weighted by Crippen LogP contribution is -2.80.